The quantitative estimate of drug-likeness (QED) is 0.844. The van der Waals surface area contributed by atoms with Crippen molar-refractivity contribution in [3.8, 4) is 5.75 Å². The fourth-order valence-corrected chi connectivity index (χ4v) is 2.43. The third-order valence-corrected chi connectivity index (χ3v) is 3.48. The van der Waals surface area contributed by atoms with Crippen molar-refractivity contribution in [3.05, 3.63) is 28.8 Å². The first-order chi connectivity index (χ1) is 8.54. The van der Waals surface area contributed by atoms with Gasteiger partial charge in [0.05, 0.1) is 17.7 Å². The number of nitrogens with zero attached hydrogens (tertiary/aromatic N) is 2. The highest BCUT2D eigenvalue weighted by Crippen LogP contribution is 2.32. The fraction of sp³-hybridized carbons (Fsp3) is 0.462. The number of carbonyl (C=O) groups excluding carboxylic acids is 1. The normalized spacial score (nSPS) is 19.6. The second kappa shape index (κ2) is 5.06. The zero-order valence-corrected chi connectivity index (χ0v) is 11.6. The third kappa shape index (κ3) is 2.25. The molecule has 1 heterocycles. The summed E-state index contributed by atoms with van der Waals surface area (Å²) < 4.78 is 5.40. The number of rotatable bonds is 3. The van der Waals surface area contributed by atoms with Gasteiger partial charge in [0.15, 0.2) is 0 Å². The van der Waals surface area contributed by atoms with Crippen LogP contribution in [0.15, 0.2) is 18.2 Å². The van der Waals surface area contributed by atoms with Crippen LogP contribution in [0.1, 0.15) is 18.5 Å². The second-order valence-corrected chi connectivity index (χ2v) is 4.82. The summed E-state index contributed by atoms with van der Waals surface area (Å²) in [4.78, 5) is 15.2. The van der Waals surface area contributed by atoms with Gasteiger partial charge in [-0.25, -0.2) is 4.79 Å². The summed E-state index contributed by atoms with van der Waals surface area (Å²) in [5, 5.41) is 0.588. The molecule has 0 aliphatic carbocycles. The summed E-state index contributed by atoms with van der Waals surface area (Å²) in [5.74, 6) is 0.684. The molecule has 0 saturated carbocycles. The number of ether oxygens (including phenoxy) is 1. The number of likely N-dealkylation sites (N-methyl/N-ethyl adjacent to an activating group) is 2. The van der Waals surface area contributed by atoms with Gasteiger partial charge in [0, 0.05) is 20.6 Å². The summed E-state index contributed by atoms with van der Waals surface area (Å²) in [6.45, 7) is 3.19. The summed E-state index contributed by atoms with van der Waals surface area (Å²) in [6.07, 6.45) is 0. The Bertz CT molecular complexity index is 464. The maximum atomic E-state index is 11.7. The van der Waals surface area contributed by atoms with E-state index in [-0.39, 0.29) is 12.1 Å². The van der Waals surface area contributed by atoms with Crippen molar-refractivity contribution in [2.45, 2.75) is 13.0 Å². The highest BCUT2D eigenvalue weighted by Gasteiger charge is 2.33. The number of halogens is 1. The first kappa shape index (κ1) is 13.0. The van der Waals surface area contributed by atoms with Gasteiger partial charge in [0.1, 0.15) is 5.75 Å². The van der Waals surface area contributed by atoms with E-state index >= 15 is 0 Å². The molecule has 1 fully saturated rings. The van der Waals surface area contributed by atoms with Crippen molar-refractivity contribution < 1.29 is 9.53 Å². The molecular weight excluding hydrogens is 252 g/mol. The van der Waals surface area contributed by atoms with Gasteiger partial charge in [-0.2, -0.15) is 0 Å². The molecule has 2 rings (SSSR count). The van der Waals surface area contributed by atoms with E-state index in [1.54, 1.807) is 23.9 Å². The molecule has 1 aliphatic heterocycles. The molecule has 2 amide bonds. The van der Waals surface area contributed by atoms with Crippen LogP contribution in [0.5, 0.6) is 5.75 Å². The van der Waals surface area contributed by atoms with Crippen LogP contribution in [0.2, 0.25) is 5.02 Å². The topological polar surface area (TPSA) is 32.8 Å². The first-order valence-corrected chi connectivity index (χ1v) is 6.32. The van der Waals surface area contributed by atoms with Crippen molar-refractivity contribution >= 4 is 17.6 Å². The number of urea groups is 1. The Morgan fingerprint density at radius 1 is 1.44 bits per heavy atom. The van der Waals surface area contributed by atoms with E-state index in [0.29, 0.717) is 23.9 Å². The lowest BCUT2D eigenvalue weighted by Crippen LogP contribution is -2.26. The average Bonchev–Trinajstić information content (AvgIpc) is 2.60. The molecule has 5 heteroatoms. The lowest BCUT2D eigenvalue weighted by atomic mass is 10.1. The van der Waals surface area contributed by atoms with E-state index in [4.69, 9.17) is 16.3 Å². The SMILES string of the molecule is CCOc1ccc(C2CN(C)C(=O)N2C)cc1Cl. The molecule has 0 aromatic heterocycles. The van der Waals surface area contributed by atoms with E-state index < -0.39 is 0 Å². The Balaban J connectivity index is 2.25. The van der Waals surface area contributed by atoms with Crippen LogP contribution >= 0.6 is 11.6 Å². The highest BCUT2D eigenvalue weighted by molar-refractivity contribution is 6.32. The summed E-state index contributed by atoms with van der Waals surface area (Å²) >= 11 is 6.17. The molecule has 0 spiro atoms. The molecule has 1 saturated heterocycles. The third-order valence-electron chi connectivity index (χ3n) is 3.18. The van der Waals surface area contributed by atoms with E-state index in [1.165, 1.54) is 0 Å². The number of hydrogen-bond donors (Lipinski definition) is 0. The summed E-state index contributed by atoms with van der Waals surface area (Å²) in [5.41, 5.74) is 1.03. The first-order valence-electron chi connectivity index (χ1n) is 5.94. The van der Waals surface area contributed by atoms with Crippen molar-refractivity contribution in [2.24, 2.45) is 0 Å². The van der Waals surface area contributed by atoms with Crippen LogP contribution in [0.3, 0.4) is 0 Å². The molecule has 98 valence electrons. The molecule has 1 atom stereocenters. The number of benzene rings is 1. The minimum absolute atomic E-state index is 0.0324. The Morgan fingerprint density at radius 2 is 2.17 bits per heavy atom. The Morgan fingerprint density at radius 3 is 2.67 bits per heavy atom. The molecule has 4 nitrogen and oxygen atoms in total. The van der Waals surface area contributed by atoms with Gasteiger partial charge >= 0.3 is 6.03 Å². The molecular formula is C13H17ClN2O2. The van der Waals surface area contributed by atoms with Crippen molar-refractivity contribution in [3.63, 3.8) is 0 Å². The predicted molar refractivity (Wildman–Crippen MR) is 71.2 cm³/mol. The van der Waals surface area contributed by atoms with E-state index in [0.717, 1.165) is 5.56 Å². The predicted octanol–water partition coefficient (Wildman–Crippen LogP) is 2.78. The highest BCUT2D eigenvalue weighted by atomic mass is 35.5. The molecule has 1 aromatic carbocycles. The van der Waals surface area contributed by atoms with Gasteiger partial charge in [-0.15, -0.1) is 0 Å². The Kier molecular flexibility index (Phi) is 3.66. The van der Waals surface area contributed by atoms with Crippen LogP contribution < -0.4 is 4.74 Å². The van der Waals surface area contributed by atoms with Crippen LogP contribution in [0.4, 0.5) is 4.79 Å². The molecule has 18 heavy (non-hydrogen) atoms. The molecule has 0 bridgehead atoms. The van der Waals surface area contributed by atoms with E-state index in [1.807, 2.05) is 25.1 Å². The van der Waals surface area contributed by atoms with Gasteiger partial charge in [-0.1, -0.05) is 17.7 Å². The largest absolute Gasteiger partial charge is 0.492 e. The minimum Gasteiger partial charge on any atom is -0.492 e. The van der Waals surface area contributed by atoms with Gasteiger partial charge in [0.2, 0.25) is 0 Å². The smallest absolute Gasteiger partial charge is 0.320 e. The lowest BCUT2D eigenvalue weighted by Gasteiger charge is -2.19. The summed E-state index contributed by atoms with van der Waals surface area (Å²) in [6, 6.07) is 5.78. The zero-order valence-electron chi connectivity index (χ0n) is 10.8. The van der Waals surface area contributed by atoms with Crippen LogP contribution in [-0.2, 0) is 0 Å². The zero-order chi connectivity index (χ0) is 13.3. The van der Waals surface area contributed by atoms with Gasteiger partial charge in [0.25, 0.3) is 0 Å². The van der Waals surface area contributed by atoms with Crippen LogP contribution in [0.25, 0.3) is 0 Å². The number of amides is 2. The Labute approximate surface area is 112 Å². The van der Waals surface area contributed by atoms with E-state index in [2.05, 4.69) is 0 Å². The lowest BCUT2D eigenvalue weighted by molar-refractivity contribution is 0.201. The molecule has 1 aromatic rings. The molecule has 1 aliphatic rings. The molecule has 0 N–H and O–H groups in total. The van der Waals surface area contributed by atoms with Crippen LogP contribution in [-0.4, -0.2) is 43.1 Å². The average molecular weight is 269 g/mol. The van der Waals surface area contributed by atoms with Crippen molar-refractivity contribution in [1.82, 2.24) is 9.80 Å². The monoisotopic (exact) mass is 268 g/mol. The second-order valence-electron chi connectivity index (χ2n) is 4.41. The van der Waals surface area contributed by atoms with Gasteiger partial charge in [-0.3, -0.25) is 0 Å². The number of hydrogen-bond acceptors (Lipinski definition) is 2. The van der Waals surface area contributed by atoms with Crippen LogP contribution in [0, 0.1) is 0 Å². The number of carbonyl (C=O) groups is 1. The van der Waals surface area contributed by atoms with Gasteiger partial charge in [-0.05, 0) is 24.6 Å². The fourth-order valence-electron chi connectivity index (χ4n) is 2.19. The standard InChI is InChI=1S/C13H17ClN2O2/c1-4-18-12-6-5-9(7-10(12)14)11-8-15(2)13(17)16(11)3/h5-7,11H,4,8H2,1-3H3. The summed E-state index contributed by atoms with van der Waals surface area (Å²) in [7, 11) is 3.61. The maximum absolute atomic E-state index is 11.7. The molecule has 0 radical (unpaired) electrons. The molecule has 1 unspecified atom stereocenters. The van der Waals surface area contributed by atoms with Crippen molar-refractivity contribution in [2.75, 3.05) is 27.2 Å². The van der Waals surface area contributed by atoms with E-state index in [9.17, 15) is 4.79 Å². The van der Waals surface area contributed by atoms with Crippen molar-refractivity contribution in [1.29, 1.82) is 0 Å². The maximum Gasteiger partial charge on any atom is 0.320 e. The van der Waals surface area contributed by atoms with Gasteiger partial charge < -0.3 is 14.5 Å². The minimum atomic E-state index is 0.0324. The Hall–Kier alpha value is -1.42.